The summed E-state index contributed by atoms with van der Waals surface area (Å²) in [6, 6.07) is 0. The molecule has 0 radical (unpaired) electrons. The Labute approximate surface area is 87.5 Å². The zero-order chi connectivity index (χ0) is 10.0. The van der Waals surface area contributed by atoms with Crippen LogP contribution in [0.5, 0.6) is 0 Å². The Balaban J connectivity index is 2.10. The summed E-state index contributed by atoms with van der Waals surface area (Å²) in [4.78, 5) is 19.0. The van der Waals surface area contributed by atoms with Gasteiger partial charge in [0.15, 0.2) is 0 Å². The molecule has 14 heavy (non-hydrogen) atoms. The van der Waals surface area contributed by atoms with Gasteiger partial charge < -0.3 is 4.79 Å². The highest BCUT2D eigenvalue weighted by molar-refractivity contribution is 6.29. The van der Waals surface area contributed by atoms with Gasteiger partial charge in [-0.05, 0) is 12.8 Å². The monoisotopic (exact) mass is 210 g/mol. The van der Waals surface area contributed by atoms with Gasteiger partial charge in [-0.15, -0.1) is 0 Å². The Morgan fingerprint density at radius 2 is 2.21 bits per heavy atom. The van der Waals surface area contributed by atoms with E-state index in [1.807, 2.05) is 0 Å². The molecular weight excluding hydrogens is 200 g/mol. The Hall–Kier alpha value is -0.960. The maximum atomic E-state index is 10.9. The van der Waals surface area contributed by atoms with Crippen molar-refractivity contribution in [2.45, 2.75) is 25.7 Å². The molecule has 2 rings (SSSR count). The molecular formula is C10H11ClN2O. The molecule has 0 saturated heterocycles. The normalized spacial score (nSPS) is 18.6. The topological polar surface area (TPSA) is 42.9 Å². The van der Waals surface area contributed by atoms with Crippen LogP contribution in [0.4, 0.5) is 0 Å². The summed E-state index contributed by atoms with van der Waals surface area (Å²) < 4.78 is 0. The van der Waals surface area contributed by atoms with Crippen LogP contribution < -0.4 is 0 Å². The van der Waals surface area contributed by atoms with E-state index in [4.69, 9.17) is 11.6 Å². The molecule has 0 bridgehead atoms. The van der Waals surface area contributed by atoms with Crippen LogP contribution in [0.25, 0.3) is 0 Å². The lowest BCUT2D eigenvalue weighted by atomic mass is 9.67. The first-order valence-electron chi connectivity index (χ1n) is 4.67. The molecule has 0 aromatic carbocycles. The summed E-state index contributed by atoms with van der Waals surface area (Å²) in [5, 5.41) is 0.391. The van der Waals surface area contributed by atoms with Gasteiger partial charge in [0.25, 0.3) is 0 Å². The molecule has 0 amide bonds. The minimum atomic E-state index is -0.164. The van der Waals surface area contributed by atoms with Crippen LogP contribution in [-0.2, 0) is 11.2 Å². The van der Waals surface area contributed by atoms with Crippen LogP contribution in [0.3, 0.4) is 0 Å². The van der Waals surface area contributed by atoms with E-state index in [0.717, 1.165) is 31.2 Å². The van der Waals surface area contributed by atoms with Crippen molar-refractivity contribution < 1.29 is 4.79 Å². The third-order valence-electron chi connectivity index (χ3n) is 2.81. The van der Waals surface area contributed by atoms with E-state index in [1.165, 1.54) is 6.20 Å². The molecule has 3 nitrogen and oxygen atoms in total. The van der Waals surface area contributed by atoms with Gasteiger partial charge in [0, 0.05) is 11.8 Å². The SMILES string of the molecule is O=CC1(Cc2cnc(Cl)cn2)CCC1. The van der Waals surface area contributed by atoms with E-state index in [2.05, 4.69) is 9.97 Å². The van der Waals surface area contributed by atoms with Crippen LogP contribution in [0.2, 0.25) is 5.15 Å². The van der Waals surface area contributed by atoms with Gasteiger partial charge >= 0.3 is 0 Å². The number of rotatable bonds is 3. The zero-order valence-electron chi connectivity index (χ0n) is 7.74. The molecule has 4 heteroatoms. The second kappa shape index (κ2) is 3.65. The molecule has 0 atom stereocenters. The number of aromatic nitrogens is 2. The lowest BCUT2D eigenvalue weighted by Gasteiger charge is -2.36. The summed E-state index contributed by atoms with van der Waals surface area (Å²) in [5.74, 6) is 0. The Morgan fingerprint density at radius 3 is 2.64 bits per heavy atom. The van der Waals surface area contributed by atoms with E-state index in [9.17, 15) is 4.79 Å². The van der Waals surface area contributed by atoms with Gasteiger partial charge in [0.05, 0.1) is 18.1 Å². The molecule has 1 saturated carbocycles. The van der Waals surface area contributed by atoms with Crippen molar-refractivity contribution in [3.05, 3.63) is 23.2 Å². The zero-order valence-corrected chi connectivity index (χ0v) is 8.50. The third-order valence-corrected chi connectivity index (χ3v) is 3.00. The standard InChI is InChI=1S/C10H11ClN2O/c11-9-6-12-8(5-13-9)4-10(7-14)2-1-3-10/h5-7H,1-4H2. The molecule has 0 unspecified atom stereocenters. The van der Waals surface area contributed by atoms with E-state index in [-0.39, 0.29) is 5.41 Å². The van der Waals surface area contributed by atoms with Gasteiger partial charge in [0.2, 0.25) is 0 Å². The average molecular weight is 211 g/mol. The van der Waals surface area contributed by atoms with Crippen LogP contribution in [0, 0.1) is 5.41 Å². The first-order valence-corrected chi connectivity index (χ1v) is 5.05. The van der Waals surface area contributed by atoms with Crippen LogP contribution in [-0.4, -0.2) is 16.3 Å². The maximum absolute atomic E-state index is 10.9. The highest BCUT2D eigenvalue weighted by Crippen LogP contribution is 2.41. The van der Waals surface area contributed by atoms with Crippen molar-refractivity contribution >= 4 is 17.9 Å². The lowest BCUT2D eigenvalue weighted by Crippen LogP contribution is -2.33. The highest BCUT2D eigenvalue weighted by atomic mass is 35.5. The molecule has 0 N–H and O–H groups in total. The molecule has 1 fully saturated rings. The Morgan fingerprint density at radius 1 is 1.43 bits per heavy atom. The predicted molar refractivity (Wildman–Crippen MR) is 53.1 cm³/mol. The quantitative estimate of drug-likeness (QED) is 0.718. The van der Waals surface area contributed by atoms with E-state index < -0.39 is 0 Å². The Bertz CT molecular complexity index is 332. The second-order valence-corrected chi connectivity index (χ2v) is 4.23. The minimum Gasteiger partial charge on any atom is -0.303 e. The number of hydrogen-bond acceptors (Lipinski definition) is 3. The smallest absolute Gasteiger partial charge is 0.147 e. The minimum absolute atomic E-state index is 0.164. The molecule has 74 valence electrons. The number of carbonyl (C=O) groups excluding carboxylic acids is 1. The predicted octanol–water partition coefficient (Wildman–Crippen LogP) is 2.04. The molecule has 0 aliphatic heterocycles. The first-order chi connectivity index (χ1) is 6.74. The second-order valence-electron chi connectivity index (χ2n) is 3.84. The van der Waals surface area contributed by atoms with Crippen molar-refractivity contribution in [2.75, 3.05) is 0 Å². The van der Waals surface area contributed by atoms with E-state index in [0.29, 0.717) is 11.6 Å². The van der Waals surface area contributed by atoms with Crippen LogP contribution in [0.1, 0.15) is 25.0 Å². The fraction of sp³-hybridized carbons (Fsp3) is 0.500. The molecule has 1 heterocycles. The molecule has 1 aromatic heterocycles. The van der Waals surface area contributed by atoms with Crippen molar-refractivity contribution in [1.29, 1.82) is 0 Å². The fourth-order valence-corrected chi connectivity index (χ4v) is 1.86. The molecule has 1 aromatic rings. The summed E-state index contributed by atoms with van der Waals surface area (Å²) in [5.41, 5.74) is 0.684. The molecule has 0 spiro atoms. The summed E-state index contributed by atoms with van der Waals surface area (Å²) in [7, 11) is 0. The van der Waals surface area contributed by atoms with Crippen molar-refractivity contribution in [1.82, 2.24) is 9.97 Å². The van der Waals surface area contributed by atoms with Gasteiger partial charge in [-0.3, -0.25) is 4.98 Å². The van der Waals surface area contributed by atoms with Gasteiger partial charge in [0.1, 0.15) is 11.4 Å². The van der Waals surface area contributed by atoms with E-state index in [1.54, 1.807) is 6.20 Å². The summed E-state index contributed by atoms with van der Waals surface area (Å²) >= 11 is 5.62. The number of nitrogens with zero attached hydrogens (tertiary/aromatic N) is 2. The Kier molecular flexibility index (Phi) is 2.50. The summed E-state index contributed by atoms with van der Waals surface area (Å²) in [6.07, 6.45) is 8.01. The van der Waals surface area contributed by atoms with Crippen molar-refractivity contribution in [2.24, 2.45) is 5.41 Å². The van der Waals surface area contributed by atoms with Crippen LogP contribution >= 0.6 is 11.6 Å². The molecule has 1 aliphatic rings. The highest BCUT2D eigenvalue weighted by Gasteiger charge is 2.37. The van der Waals surface area contributed by atoms with Crippen molar-refractivity contribution in [3.8, 4) is 0 Å². The number of carbonyl (C=O) groups is 1. The van der Waals surface area contributed by atoms with Crippen LogP contribution in [0.15, 0.2) is 12.4 Å². The van der Waals surface area contributed by atoms with Gasteiger partial charge in [-0.2, -0.15) is 0 Å². The summed E-state index contributed by atoms with van der Waals surface area (Å²) in [6.45, 7) is 0. The number of halogens is 1. The lowest BCUT2D eigenvalue weighted by molar-refractivity contribution is -0.120. The average Bonchev–Trinajstić information content (AvgIpc) is 2.15. The number of aldehydes is 1. The van der Waals surface area contributed by atoms with E-state index >= 15 is 0 Å². The maximum Gasteiger partial charge on any atom is 0.147 e. The molecule has 1 aliphatic carbocycles. The van der Waals surface area contributed by atoms with Crippen molar-refractivity contribution in [3.63, 3.8) is 0 Å². The number of hydrogen-bond donors (Lipinski definition) is 0. The largest absolute Gasteiger partial charge is 0.303 e. The first kappa shape index (κ1) is 9.59. The third kappa shape index (κ3) is 1.77. The van der Waals surface area contributed by atoms with Gasteiger partial charge in [-0.1, -0.05) is 18.0 Å². The van der Waals surface area contributed by atoms with Gasteiger partial charge in [-0.25, -0.2) is 4.98 Å². The fourth-order valence-electron chi connectivity index (χ4n) is 1.76.